The molecule has 0 saturated carbocycles. The van der Waals surface area contributed by atoms with Crippen LogP contribution in [0.25, 0.3) is 0 Å². The second-order valence-electron chi connectivity index (χ2n) is 4.53. The van der Waals surface area contributed by atoms with Crippen LogP contribution < -0.4 is 0 Å². The van der Waals surface area contributed by atoms with Gasteiger partial charge in [0.2, 0.25) is 0 Å². The Bertz CT molecular complexity index is 433. The molecule has 1 aromatic rings. The van der Waals surface area contributed by atoms with Crippen LogP contribution >= 0.6 is 15.9 Å². The lowest BCUT2D eigenvalue weighted by Crippen LogP contribution is -2.42. The Morgan fingerprint density at radius 2 is 2.29 bits per heavy atom. The van der Waals surface area contributed by atoms with Gasteiger partial charge < -0.3 is 10.0 Å². The summed E-state index contributed by atoms with van der Waals surface area (Å²) in [5.74, 6) is -0.00405. The molecule has 2 rings (SSSR count). The maximum atomic E-state index is 12.3. The van der Waals surface area contributed by atoms with Gasteiger partial charge in [-0.25, -0.2) is 0 Å². The zero-order chi connectivity index (χ0) is 12.4. The number of halogens is 1. The summed E-state index contributed by atoms with van der Waals surface area (Å²) in [6.07, 6.45) is 1.28. The average molecular weight is 298 g/mol. The summed E-state index contributed by atoms with van der Waals surface area (Å²) in [7, 11) is 0. The lowest BCUT2D eigenvalue weighted by molar-refractivity contribution is 0.0473. The molecule has 1 fully saturated rings. The van der Waals surface area contributed by atoms with E-state index >= 15 is 0 Å². The number of nitrogens with zero attached hydrogens (tertiary/aromatic N) is 1. The predicted molar refractivity (Wildman–Crippen MR) is 70.0 cm³/mol. The SMILES string of the molecule is Cc1ccc(C(=O)N2CCC[C@H](O)C2)c(Br)c1. The molecule has 1 N–H and O–H groups in total. The normalized spacial score (nSPS) is 20.4. The summed E-state index contributed by atoms with van der Waals surface area (Å²) in [5.41, 5.74) is 1.79. The molecule has 3 nitrogen and oxygen atoms in total. The lowest BCUT2D eigenvalue weighted by atomic mass is 10.1. The van der Waals surface area contributed by atoms with Gasteiger partial charge in [-0.1, -0.05) is 6.07 Å². The van der Waals surface area contributed by atoms with E-state index in [0.29, 0.717) is 12.1 Å². The average Bonchev–Trinajstić information content (AvgIpc) is 2.28. The topological polar surface area (TPSA) is 40.5 Å². The molecular formula is C13H16BrNO2. The zero-order valence-corrected chi connectivity index (χ0v) is 11.4. The largest absolute Gasteiger partial charge is 0.391 e. The van der Waals surface area contributed by atoms with E-state index in [0.717, 1.165) is 29.4 Å². The van der Waals surface area contributed by atoms with E-state index < -0.39 is 0 Å². The Morgan fingerprint density at radius 3 is 2.94 bits per heavy atom. The molecular weight excluding hydrogens is 282 g/mol. The summed E-state index contributed by atoms with van der Waals surface area (Å²) in [4.78, 5) is 14.0. The number of rotatable bonds is 1. The van der Waals surface area contributed by atoms with Crippen LogP contribution in [0.4, 0.5) is 0 Å². The minimum absolute atomic E-state index is 0.00405. The van der Waals surface area contributed by atoms with Crippen molar-refractivity contribution < 1.29 is 9.90 Å². The number of aliphatic hydroxyl groups is 1. The number of amides is 1. The van der Waals surface area contributed by atoms with Gasteiger partial charge in [0.05, 0.1) is 11.7 Å². The Labute approximate surface area is 110 Å². The highest BCUT2D eigenvalue weighted by Gasteiger charge is 2.24. The van der Waals surface area contributed by atoms with Gasteiger partial charge in [0.25, 0.3) is 5.91 Å². The van der Waals surface area contributed by atoms with Crippen molar-refractivity contribution in [2.75, 3.05) is 13.1 Å². The molecule has 0 unspecified atom stereocenters. The zero-order valence-electron chi connectivity index (χ0n) is 9.82. The summed E-state index contributed by atoms with van der Waals surface area (Å²) in [5, 5.41) is 9.58. The fourth-order valence-corrected chi connectivity index (χ4v) is 2.77. The Balaban J connectivity index is 2.18. The number of benzene rings is 1. The maximum absolute atomic E-state index is 12.3. The van der Waals surface area contributed by atoms with Crippen molar-refractivity contribution in [1.29, 1.82) is 0 Å². The minimum atomic E-state index is -0.378. The summed E-state index contributed by atoms with van der Waals surface area (Å²) < 4.78 is 0.822. The summed E-state index contributed by atoms with van der Waals surface area (Å²) in [6.45, 7) is 3.17. The van der Waals surface area contributed by atoms with Gasteiger partial charge in [0.1, 0.15) is 0 Å². The van der Waals surface area contributed by atoms with Crippen LogP contribution in [0.5, 0.6) is 0 Å². The molecule has 1 heterocycles. The van der Waals surface area contributed by atoms with E-state index in [1.807, 2.05) is 25.1 Å². The fourth-order valence-electron chi connectivity index (χ4n) is 2.10. The molecule has 0 spiro atoms. The third kappa shape index (κ3) is 2.87. The highest BCUT2D eigenvalue weighted by Crippen LogP contribution is 2.21. The minimum Gasteiger partial charge on any atom is -0.391 e. The molecule has 4 heteroatoms. The van der Waals surface area contributed by atoms with E-state index in [9.17, 15) is 9.90 Å². The smallest absolute Gasteiger partial charge is 0.255 e. The molecule has 0 aromatic heterocycles. The molecule has 92 valence electrons. The fraction of sp³-hybridized carbons (Fsp3) is 0.462. The monoisotopic (exact) mass is 297 g/mol. The molecule has 1 aromatic carbocycles. The molecule has 1 saturated heterocycles. The van der Waals surface area contributed by atoms with Crippen molar-refractivity contribution in [3.05, 3.63) is 33.8 Å². The first kappa shape index (κ1) is 12.6. The van der Waals surface area contributed by atoms with Crippen molar-refractivity contribution in [2.24, 2.45) is 0 Å². The maximum Gasteiger partial charge on any atom is 0.255 e. The first-order valence-electron chi connectivity index (χ1n) is 5.81. The van der Waals surface area contributed by atoms with Crippen LogP contribution in [0.15, 0.2) is 22.7 Å². The number of β-amino-alcohol motifs (C(OH)–C–C–N with tert-alkyl or cyclic N) is 1. The standard InChI is InChI=1S/C13H16BrNO2/c1-9-4-5-11(12(14)7-9)13(17)15-6-2-3-10(16)8-15/h4-5,7,10,16H,2-3,6,8H2,1H3/t10-/m0/s1. The van der Waals surface area contributed by atoms with Crippen molar-refractivity contribution >= 4 is 21.8 Å². The van der Waals surface area contributed by atoms with Gasteiger partial charge >= 0.3 is 0 Å². The Hall–Kier alpha value is -0.870. The second-order valence-corrected chi connectivity index (χ2v) is 5.38. The first-order valence-corrected chi connectivity index (χ1v) is 6.60. The van der Waals surface area contributed by atoms with E-state index in [4.69, 9.17) is 0 Å². The summed E-state index contributed by atoms with van der Waals surface area (Å²) in [6, 6.07) is 5.70. The van der Waals surface area contributed by atoms with Crippen molar-refractivity contribution in [2.45, 2.75) is 25.9 Å². The molecule has 0 aliphatic carbocycles. The quantitative estimate of drug-likeness (QED) is 0.864. The van der Waals surface area contributed by atoms with Gasteiger partial charge in [-0.2, -0.15) is 0 Å². The Kier molecular flexibility index (Phi) is 3.84. The summed E-state index contributed by atoms with van der Waals surface area (Å²) >= 11 is 3.42. The van der Waals surface area contributed by atoms with Crippen LogP contribution in [0.2, 0.25) is 0 Å². The van der Waals surface area contributed by atoms with Crippen LogP contribution in [0.3, 0.4) is 0 Å². The van der Waals surface area contributed by atoms with E-state index in [2.05, 4.69) is 15.9 Å². The number of likely N-dealkylation sites (tertiary alicyclic amines) is 1. The molecule has 0 bridgehead atoms. The van der Waals surface area contributed by atoms with Gasteiger partial charge in [0.15, 0.2) is 0 Å². The van der Waals surface area contributed by atoms with Crippen molar-refractivity contribution in [1.82, 2.24) is 4.90 Å². The molecule has 17 heavy (non-hydrogen) atoms. The number of hydrogen-bond donors (Lipinski definition) is 1. The lowest BCUT2D eigenvalue weighted by Gasteiger charge is -2.30. The van der Waals surface area contributed by atoms with E-state index in [1.165, 1.54) is 0 Å². The number of piperidine rings is 1. The predicted octanol–water partition coefficient (Wildman–Crippen LogP) is 2.35. The van der Waals surface area contributed by atoms with E-state index in [-0.39, 0.29) is 12.0 Å². The molecule has 1 atom stereocenters. The van der Waals surface area contributed by atoms with Crippen LogP contribution in [-0.4, -0.2) is 35.1 Å². The highest BCUT2D eigenvalue weighted by atomic mass is 79.9. The second kappa shape index (κ2) is 5.19. The van der Waals surface area contributed by atoms with Gasteiger partial charge in [0, 0.05) is 17.6 Å². The number of carbonyl (C=O) groups is 1. The molecule has 1 aliphatic heterocycles. The van der Waals surface area contributed by atoms with Crippen LogP contribution in [0.1, 0.15) is 28.8 Å². The number of hydrogen-bond acceptors (Lipinski definition) is 2. The van der Waals surface area contributed by atoms with Crippen molar-refractivity contribution in [3.8, 4) is 0 Å². The van der Waals surface area contributed by atoms with Gasteiger partial charge in [-0.15, -0.1) is 0 Å². The third-order valence-corrected chi connectivity index (χ3v) is 3.69. The van der Waals surface area contributed by atoms with Crippen LogP contribution in [-0.2, 0) is 0 Å². The number of aliphatic hydroxyl groups excluding tert-OH is 1. The highest BCUT2D eigenvalue weighted by molar-refractivity contribution is 9.10. The first-order chi connectivity index (χ1) is 8.08. The molecule has 1 aliphatic rings. The molecule has 1 amide bonds. The number of aryl methyl sites for hydroxylation is 1. The van der Waals surface area contributed by atoms with Crippen molar-refractivity contribution in [3.63, 3.8) is 0 Å². The third-order valence-electron chi connectivity index (χ3n) is 3.04. The van der Waals surface area contributed by atoms with Gasteiger partial charge in [-0.05, 0) is 53.4 Å². The molecule has 0 radical (unpaired) electrons. The number of carbonyl (C=O) groups excluding carboxylic acids is 1. The van der Waals surface area contributed by atoms with E-state index in [1.54, 1.807) is 4.90 Å². The van der Waals surface area contributed by atoms with Crippen LogP contribution in [0, 0.1) is 6.92 Å². The Morgan fingerprint density at radius 1 is 1.53 bits per heavy atom. The van der Waals surface area contributed by atoms with Gasteiger partial charge in [-0.3, -0.25) is 4.79 Å².